The van der Waals surface area contributed by atoms with Crippen LogP contribution in [-0.2, 0) is 4.74 Å². The standard InChI is InChI=1S/C17H32F2N4OS/c1-3-25-17(6-10-24-11-7-17)13-21-16(20-2)22-14-4-8-23(9-5-14)12-15(18)19/h14-15H,3-13H2,1-2H3,(H2,20,21,22). The van der Waals surface area contributed by atoms with Gasteiger partial charge in [-0.1, -0.05) is 6.92 Å². The normalized spacial score (nSPS) is 23.0. The number of alkyl halides is 2. The van der Waals surface area contributed by atoms with Crippen molar-refractivity contribution in [2.24, 2.45) is 4.99 Å². The molecule has 25 heavy (non-hydrogen) atoms. The SMILES string of the molecule is CCSC1(CNC(=NC)NC2CCN(CC(F)F)CC2)CCOCC1. The van der Waals surface area contributed by atoms with Gasteiger partial charge in [-0.3, -0.25) is 9.89 Å². The van der Waals surface area contributed by atoms with E-state index < -0.39 is 6.43 Å². The van der Waals surface area contributed by atoms with Gasteiger partial charge in [0, 0.05) is 50.7 Å². The van der Waals surface area contributed by atoms with Crippen LogP contribution in [0.5, 0.6) is 0 Å². The van der Waals surface area contributed by atoms with Gasteiger partial charge < -0.3 is 15.4 Å². The molecule has 8 heteroatoms. The summed E-state index contributed by atoms with van der Waals surface area (Å²) in [7, 11) is 1.78. The fourth-order valence-corrected chi connectivity index (χ4v) is 4.75. The van der Waals surface area contributed by atoms with Crippen LogP contribution in [0.1, 0.15) is 32.6 Å². The van der Waals surface area contributed by atoms with Gasteiger partial charge in [0.25, 0.3) is 6.43 Å². The number of rotatable bonds is 7. The van der Waals surface area contributed by atoms with E-state index in [4.69, 9.17) is 4.74 Å². The van der Waals surface area contributed by atoms with E-state index in [2.05, 4.69) is 22.5 Å². The predicted molar refractivity (Wildman–Crippen MR) is 101 cm³/mol. The van der Waals surface area contributed by atoms with Gasteiger partial charge in [-0.2, -0.15) is 11.8 Å². The van der Waals surface area contributed by atoms with Crippen LogP contribution in [0, 0.1) is 0 Å². The van der Waals surface area contributed by atoms with Crippen molar-refractivity contribution >= 4 is 17.7 Å². The predicted octanol–water partition coefficient (Wildman–Crippen LogP) is 2.18. The van der Waals surface area contributed by atoms with E-state index in [-0.39, 0.29) is 11.3 Å². The first kappa shape index (κ1) is 20.7. The van der Waals surface area contributed by atoms with Gasteiger partial charge in [0.15, 0.2) is 5.96 Å². The van der Waals surface area contributed by atoms with E-state index in [1.165, 1.54) is 0 Å². The molecular weight excluding hydrogens is 346 g/mol. The maximum absolute atomic E-state index is 12.5. The molecule has 0 unspecified atom stereocenters. The lowest BCUT2D eigenvalue weighted by Gasteiger charge is -2.37. The monoisotopic (exact) mass is 378 g/mol. The van der Waals surface area contributed by atoms with Crippen molar-refractivity contribution in [2.75, 3.05) is 52.2 Å². The molecule has 0 spiro atoms. The summed E-state index contributed by atoms with van der Waals surface area (Å²) < 4.78 is 30.7. The summed E-state index contributed by atoms with van der Waals surface area (Å²) in [6.07, 6.45) is 1.61. The molecule has 2 fully saturated rings. The zero-order chi connectivity index (χ0) is 18.1. The third kappa shape index (κ3) is 6.90. The highest BCUT2D eigenvalue weighted by Gasteiger charge is 2.33. The number of likely N-dealkylation sites (tertiary alicyclic amines) is 1. The molecule has 0 atom stereocenters. The molecule has 2 rings (SSSR count). The lowest BCUT2D eigenvalue weighted by atomic mass is 9.99. The number of aliphatic imine (C=N–C) groups is 1. The first-order valence-electron chi connectivity index (χ1n) is 9.26. The third-order valence-corrected chi connectivity index (χ3v) is 6.43. The summed E-state index contributed by atoms with van der Waals surface area (Å²) in [5, 5.41) is 6.95. The van der Waals surface area contributed by atoms with Crippen molar-refractivity contribution in [1.29, 1.82) is 0 Å². The van der Waals surface area contributed by atoms with E-state index >= 15 is 0 Å². The second-order valence-electron chi connectivity index (χ2n) is 6.76. The van der Waals surface area contributed by atoms with Crippen LogP contribution in [0.2, 0.25) is 0 Å². The van der Waals surface area contributed by atoms with Crippen LogP contribution in [-0.4, -0.2) is 80.3 Å². The Kier molecular flexibility index (Phi) is 8.72. The number of guanidine groups is 1. The van der Waals surface area contributed by atoms with Crippen molar-refractivity contribution in [3.05, 3.63) is 0 Å². The van der Waals surface area contributed by atoms with Gasteiger partial charge in [-0.25, -0.2) is 8.78 Å². The maximum Gasteiger partial charge on any atom is 0.251 e. The quantitative estimate of drug-likeness (QED) is 0.525. The smallest absolute Gasteiger partial charge is 0.251 e. The molecule has 146 valence electrons. The zero-order valence-corrected chi connectivity index (χ0v) is 16.2. The van der Waals surface area contributed by atoms with Crippen molar-refractivity contribution in [2.45, 2.75) is 49.8 Å². The van der Waals surface area contributed by atoms with Gasteiger partial charge in [0.05, 0.1) is 6.54 Å². The molecule has 2 saturated heterocycles. The maximum atomic E-state index is 12.5. The second-order valence-corrected chi connectivity index (χ2v) is 8.50. The summed E-state index contributed by atoms with van der Waals surface area (Å²) in [5.74, 6) is 1.91. The Morgan fingerprint density at radius 1 is 1.32 bits per heavy atom. The molecule has 2 heterocycles. The molecule has 0 amide bonds. The largest absolute Gasteiger partial charge is 0.381 e. The van der Waals surface area contributed by atoms with Crippen LogP contribution < -0.4 is 10.6 Å². The van der Waals surface area contributed by atoms with Crippen molar-refractivity contribution < 1.29 is 13.5 Å². The highest BCUT2D eigenvalue weighted by molar-refractivity contribution is 8.00. The van der Waals surface area contributed by atoms with E-state index in [1.807, 2.05) is 16.7 Å². The summed E-state index contributed by atoms with van der Waals surface area (Å²) in [6, 6.07) is 0.296. The van der Waals surface area contributed by atoms with Crippen molar-refractivity contribution in [1.82, 2.24) is 15.5 Å². The molecule has 2 N–H and O–H groups in total. The van der Waals surface area contributed by atoms with Gasteiger partial charge >= 0.3 is 0 Å². The van der Waals surface area contributed by atoms with E-state index in [9.17, 15) is 8.78 Å². The lowest BCUT2D eigenvalue weighted by Crippen LogP contribution is -2.52. The lowest BCUT2D eigenvalue weighted by molar-refractivity contribution is 0.0743. The number of nitrogens with zero attached hydrogens (tertiary/aromatic N) is 2. The minimum Gasteiger partial charge on any atom is -0.381 e. The molecule has 0 bridgehead atoms. The van der Waals surface area contributed by atoms with E-state index in [0.717, 1.165) is 57.2 Å². The molecule has 0 aliphatic carbocycles. The first-order valence-corrected chi connectivity index (χ1v) is 10.2. The van der Waals surface area contributed by atoms with Gasteiger partial charge in [-0.05, 0) is 31.4 Å². The number of hydrogen-bond donors (Lipinski definition) is 2. The van der Waals surface area contributed by atoms with Gasteiger partial charge in [0.1, 0.15) is 0 Å². The van der Waals surface area contributed by atoms with Gasteiger partial charge in [0.2, 0.25) is 0 Å². The van der Waals surface area contributed by atoms with Crippen LogP contribution >= 0.6 is 11.8 Å². The van der Waals surface area contributed by atoms with E-state index in [0.29, 0.717) is 19.1 Å². The molecule has 0 aromatic carbocycles. The molecule has 2 aliphatic heterocycles. The molecule has 5 nitrogen and oxygen atoms in total. The molecule has 0 aromatic rings. The highest BCUT2D eigenvalue weighted by atomic mass is 32.2. The Balaban J connectivity index is 1.77. The average molecular weight is 379 g/mol. The number of thioether (sulfide) groups is 1. The van der Waals surface area contributed by atoms with Crippen molar-refractivity contribution in [3.63, 3.8) is 0 Å². The molecular formula is C17H32F2N4OS. The number of halogens is 2. The summed E-state index contributed by atoms with van der Waals surface area (Å²) in [4.78, 5) is 6.19. The second kappa shape index (κ2) is 10.5. The van der Waals surface area contributed by atoms with Crippen LogP contribution in [0.3, 0.4) is 0 Å². The Hall–Kier alpha value is -0.600. The Morgan fingerprint density at radius 3 is 2.56 bits per heavy atom. The molecule has 0 saturated carbocycles. The zero-order valence-electron chi connectivity index (χ0n) is 15.4. The number of piperidine rings is 1. The number of nitrogens with one attached hydrogen (secondary N) is 2. The molecule has 0 aromatic heterocycles. The fourth-order valence-electron chi connectivity index (χ4n) is 3.51. The number of hydrogen-bond acceptors (Lipinski definition) is 4. The van der Waals surface area contributed by atoms with Crippen LogP contribution in [0.4, 0.5) is 8.78 Å². The number of ether oxygens (including phenoxy) is 1. The topological polar surface area (TPSA) is 48.9 Å². The summed E-state index contributed by atoms with van der Waals surface area (Å²) >= 11 is 2.00. The fraction of sp³-hybridized carbons (Fsp3) is 0.941. The van der Waals surface area contributed by atoms with Crippen molar-refractivity contribution in [3.8, 4) is 0 Å². The molecule has 2 aliphatic rings. The summed E-state index contributed by atoms with van der Waals surface area (Å²) in [5.41, 5.74) is 0. The first-order chi connectivity index (χ1) is 12.1. The minimum atomic E-state index is -2.24. The average Bonchev–Trinajstić information content (AvgIpc) is 2.61. The van der Waals surface area contributed by atoms with E-state index in [1.54, 1.807) is 7.05 Å². The Labute approximate surface area is 154 Å². The van der Waals surface area contributed by atoms with Crippen LogP contribution in [0.15, 0.2) is 4.99 Å². The minimum absolute atomic E-state index is 0.113. The van der Waals surface area contributed by atoms with Gasteiger partial charge in [-0.15, -0.1) is 0 Å². The Morgan fingerprint density at radius 2 is 2.00 bits per heavy atom. The third-order valence-electron chi connectivity index (χ3n) is 4.98. The summed E-state index contributed by atoms with van der Waals surface area (Å²) in [6.45, 7) is 6.03. The highest BCUT2D eigenvalue weighted by Crippen LogP contribution is 2.34. The molecule has 0 radical (unpaired) electrons. The van der Waals surface area contributed by atoms with Crippen LogP contribution in [0.25, 0.3) is 0 Å². The Bertz CT molecular complexity index is 406.